The Bertz CT molecular complexity index is 68.7. The number of nitrogens with zero attached hydrogens (tertiary/aromatic N) is 2. The summed E-state index contributed by atoms with van der Waals surface area (Å²) in [4.78, 5) is 0. The predicted molar refractivity (Wildman–Crippen MR) is 11.2 cm³/mol. The van der Waals surface area contributed by atoms with Gasteiger partial charge in [-0.25, -0.2) is 10.5 Å². The van der Waals surface area contributed by atoms with E-state index < -0.39 is 0 Å². The molecule has 0 rings (SSSR count). The summed E-state index contributed by atoms with van der Waals surface area (Å²) in [7, 11) is 0. The SMILES string of the molecule is N#C[O-].N#C[O-].[W+2]. The van der Waals surface area contributed by atoms with E-state index in [-0.39, 0.29) is 21.1 Å². The van der Waals surface area contributed by atoms with Crippen LogP contribution >= 0.6 is 0 Å². The molecule has 0 unspecified atom stereocenters. The fourth-order valence-corrected chi connectivity index (χ4v) is 0. The Morgan fingerprint density at radius 3 is 1.00 bits per heavy atom. The minimum absolute atomic E-state index is 0. The van der Waals surface area contributed by atoms with Gasteiger partial charge < -0.3 is 10.2 Å². The third-order valence-corrected chi connectivity index (χ3v) is 0. The van der Waals surface area contributed by atoms with Gasteiger partial charge in [-0.15, -0.1) is 0 Å². The van der Waals surface area contributed by atoms with Gasteiger partial charge in [0.2, 0.25) is 0 Å². The summed E-state index contributed by atoms with van der Waals surface area (Å²) in [6.45, 7) is 0. The van der Waals surface area contributed by atoms with E-state index in [4.69, 9.17) is 20.7 Å². The first-order chi connectivity index (χ1) is 2.83. The molecule has 0 amide bonds. The van der Waals surface area contributed by atoms with Crippen LogP contribution in [0.5, 0.6) is 0 Å². The van der Waals surface area contributed by atoms with E-state index in [2.05, 4.69) is 0 Å². The van der Waals surface area contributed by atoms with Crippen LogP contribution in [-0.2, 0) is 21.1 Å². The first-order valence-electron chi connectivity index (χ1n) is 0.855. The largest absolute Gasteiger partial charge is 2.00 e. The number of hydrogen-bond donors (Lipinski definition) is 0. The molecule has 36 valence electrons. The van der Waals surface area contributed by atoms with Gasteiger partial charge in [0.15, 0.2) is 0 Å². The maximum atomic E-state index is 8.24. The van der Waals surface area contributed by atoms with E-state index in [9.17, 15) is 0 Å². The van der Waals surface area contributed by atoms with Gasteiger partial charge in [-0.1, -0.05) is 0 Å². The summed E-state index contributed by atoms with van der Waals surface area (Å²) in [5.41, 5.74) is 0. The number of nitriles is 2. The van der Waals surface area contributed by atoms with Crippen molar-refractivity contribution in [2.75, 3.05) is 0 Å². The Hall–Kier alpha value is -0.732. The molecule has 0 N–H and O–H groups in total. The van der Waals surface area contributed by atoms with Crippen LogP contribution in [0.3, 0.4) is 0 Å². The third-order valence-electron chi connectivity index (χ3n) is 0. The molecule has 7 heavy (non-hydrogen) atoms. The molecule has 0 saturated carbocycles. The van der Waals surface area contributed by atoms with Crippen molar-refractivity contribution in [3.8, 4) is 12.5 Å². The smallest absolute Gasteiger partial charge is 0.812 e. The Kier molecular flexibility index (Phi) is 139. The van der Waals surface area contributed by atoms with Crippen molar-refractivity contribution in [2.45, 2.75) is 0 Å². The molecule has 0 saturated heterocycles. The first kappa shape index (κ1) is 16.3. The van der Waals surface area contributed by atoms with E-state index in [1.165, 1.54) is 0 Å². The molecule has 0 aromatic rings. The number of rotatable bonds is 0. The van der Waals surface area contributed by atoms with Gasteiger partial charge in [0, 0.05) is 12.5 Å². The summed E-state index contributed by atoms with van der Waals surface area (Å²) in [5, 5.41) is 30.0. The predicted octanol–water partition coefficient (Wildman–Crippen LogP) is -2.35. The fourth-order valence-electron chi connectivity index (χ4n) is 0. The average molecular weight is 268 g/mol. The van der Waals surface area contributed by atoms with Crippen LogP contribution in [0.2, 0.25) is 0 Å². The molecule has 0 radical (unpaired) electrons. The quantitative estimate of drug-likeness (QED) is 0.460. The molecule has 0 heterocycles. The normalized spacial score (nSPS) is 2.00. The van der Waals surface area contributed by atoms with E-state index in [1.54, 1.807) is 0 Å². The average Bonchev–Trinajstić information content (AvgIpc) is 1.39. The van der Waals surface area contributed by atoms with Crippen molar-refractivity contribution < 1.29 is 31.3 Å². The van der Waals surface area contributed by atoms with Gasteiger partial charge in [-0.2, -0.15) is 0 Å². The van der Waals surface area contributed by atoms with Gasteiger partial charge in [0.25, 0.3) is 0 Å². The van der Waals surface area contributed by atoms with Crippen LogP contribution < -0.4 is 10.2 Å². The Morgan fingerprint density at radius 1 is 1.00 bits per heavy atom. The summed E-state index contributed by atoms with van der Waals surface area (Å²) in [6, 6.07) is 0. The maximum Gasteiger partial charge on any atom is 2.00 e. The van der Waals surface area contributed by atoms with E-state index in [0.29, 0.717) is 12.5 Å². The van der Waals surface area contributed by atoms with Crippen LogP contribution in [-0.4, -0.2) is 0 Å². The number of hydrogen-bond acceptors (Lipinski definition) is 4. The van der Waals surface area contributed by atoms with Gasteiger partial charge >= 0.3 is 21.1 Å². The van der Waals surface area contributed by atoms with Crippen LogP contribution in [0, 0.1) is 23.0 Å². The van der Waals surface area contributed by atoms with Crippen molar-refractivity contribution in [1.82, 2.24) is 0 Å². The van der Waals surface area contributed by atoms with Crippen LogP contribution in [0.1, 0.15) is 0 Å². The second kappa shape index (κ2) is 59.7. The second-order valence-electron chi connectivity index (χ2n) is 0.183. The molecular formula is C2N2O2W. The summed E-state index contributed by atoms with van der Waals surface area (Å²) in [5.74, 6) is 0. The molecule has 0 bridgehead atoms. The molecule has 0 aliphatic heterocycles. The molecule has 0 aliphatic rings. The standard InChI is InChI=1S/2CHNO.W/c2*2-1-3;/h2*3H;/q;;+2/p-2. The summed E-state index contributed by atoms with van der Waals surface area (Å²) < 4.78 is 0. The van der Waals surface area contributed by atoms with Crippen molar-refractivity contribution in [1.29, 1.82) is 10.5 Å². The Morgan fingerprint density at radius 2 is 1.00 bits per heavy atom. The minimum atomic E-state index is 0. The van der Waals surface area contributed by atoms with Gasteiger partial charge in [0.05, 0.1) is 0 Å². The van der Waals surface area contributed by atoms with Crippen LogP contribution in [0.25, 0.3) is 0 Å². The van der Waals surface area contributed by atoms with E-state index in [0.717, 1.165) is 0 Å². The molecule has 5 heteroatoms. The molecule has 0 aromatic carbocycles. The Balaban J connectivity index is -0.0000000400. The molecule has 0 aliphatic carbocycles. The van der Waals surface area contributed by atoms with Crippen LogP contribution in [0.15, 0.2) is 0 Å². The molecule has 0 spiro atoms. The van der Waals surface area contributed by atoms with Gasteiger partial charge in [-0.05, 0) is 0 Å². The van der Waals surface area contributed by atoms with Gasteiger partial charge in [0.1, 0.15) is 0 Å². The zero-order valence-corrected chi connectivity index (χ0v) is 6.05. The van der Waals surface area contributed by atoms with Crippen molar-refractivity contribution >= 4 is 0 Å². The van der Waals surface area contributed by atoms with Crippen LogP contribution in [0.4, 0.5) is 0 Å². The van der Waals surface area contributed by atoms with E-state index >= 15 is 0 Å². The van der Waals surface area contributed by atoms with Crippen molar-refractivity contribution in [3.05, 3.63) is 0 Å². The zero-order chi connectivity index (χ0) is 5.41. The first-order valence-corrected chi connectivity index (χ1v) is 0.855. The molecule has 0 aromatic heterocycles. The topological polar surface area (TPSA) is 93.7 Å². The van der Waals surface area contributed by atoms with Crippen molar-refractivity contribution in [3.63, 3.8) is 0 Å². The van der Waals surface area contributed by atoms with Crippen molar-refractivity contribution in [2.24, 2.45) is 0 Å². The molecule has 4 nitrogen and oxygen atoms in total. The monoisotopic (exact) mass is 268 g/mol. The Labute approximate surface area is 54.9 Å². The van der Waals surface area contributed by atoms with Gasteiger partial charge in [-0.3, -0.25) is 0 Å². The third kappa shape index (κ3) is 105. The fraction of sp³-hybridized carbons (Fsp3) is 0. The molecular weight excluding hydrogens is 268 g/mol. The second-order valence-corrected chi connectivity index (χ2v) is 0.183. The maximum absolute atomic E-state index is 8.24. The van der Waals surface area contributed by atoms with E-state index in [1.807, 2.05) is 0 Å². The molecule has 0 fully saturated rings. The zero-order valence-electron chi connectivity index (χ0n) is 3.12. The minimum Gasteiger partial charge on any atom is -0.812 e. The summed E-state index contributed by atoms with van der Waals surface area (Å²) in [6.07, 6.45) is 1.00. The molecule has 0 atom stereocenters. The summed E-state index contributed by atoms with van der Waals surface area (Å²) >= 11 is 0.